The van der Waals surface area contributed by atoms with Crippen LogP contribution in [-0.2, 0) is 6.54 Å². The lowest BCUT2D eigenvalue weighted by molar-refractivity contribution is 0.247. The molecule has 1 aliphatic rings. The van der Waals surface area contributed by atoms with Crippen LogP contribution in [0.15, 0.2) is 36.7 Å². The first-order chi connectivity index (χ1) is 10.2. The van der Waals surface area contributed by atoms with E-state index in [-0.39, 0.29) is 0 Å². The molecule has 1 fully saturated rings. The number of rotatable bonds is 3. The van der Waals surface area contributed by atoms with E-state index >= 15 is 0 Å². The molecule has 5 heteroatoms. The molecular formula is C16H21N5. The summed E-state index contributed by atoms with van der Waals surface area (Å²) in [5.41, 5.74) is 9.17. The molecular weight excluding hydrogens is 262 g/mol. The molecule has 3 rings (SSSR count). The van der Waals surface area contributed by atoms with E-state index in [9.17, 15) is 0 Å². The van der Waals surface area contributed by atoms with E-state index < -0.39 is 0 Å². The smallest absolute Gasteiger partial charge is 0.141 e. The number of aryl methyl sites for hydroxylation is 1. The van der Waals surface area contributed by atoms with Crippen molar-refractivity contribution in [1.82, 2.24) is 14.9 Å². The number of aromatic nitrogens is 2. The van der Waals surface area contributed by atoms with Crippen molar-refractivity contribution in [1.29, 1.82) is 0 Å². The largest absolute Gasteiger partial charge is 0.382 e. The van der Waals surface area contributed by atoms with Crippen molar-refractivity contribution in [2.75, 3.05) is 36.8 Å². The maximum Gasteiger partial charge on any atom is 0.141 e. The highest BCUT2D eigenvalue weighted by Gasteiger charge is 2.17. The van der Waals surface area contributed by atoms with Gasteiger partial charge in [-0.2, -0.15) is 0 Å². The fourth-order valence-corrected chi connectivity index (χ4v) is 2.66. The molecule has 0 amide bonds. The highest BCUT2D eigenvalue weighted by Crippen LogP contribution is 2.18. The lowest BCUT2D eigenvalue weighted by Crippen LogP contribution is -2.46. The highest BCUT2D eigenvalue weighted by molar-refractivity contribution is 5.48. The zero-order valence-corrected chi connectivity index (χ0v) is 12.4. The molecule has 110 valence electrons. The SMILES string of the molecule is Cc1cccc(N2CCN(Cc3cnc(N)cn3)CC2)c1. The number of hydrogen-bond donors (Lipinski definition) is 1. The predicted octanol–water partition coefficient (Wildman–Crippen LogP) is 1.69. The predicted molar refractivity (Wildman–Crippen MR) is 85.1 cm³/mol. The fourth-order valence-electron chi connectivity index (χ4n) is 2.66. The van der Waals surface area contributed by atoms with Gasteiger partial charge in [-0.05, 0) is 24.6 Å². The van der Waals surface area contributed by atoms with E-state index in [2.05, 4.69) is 51.0 Å². The van der Waals surface area contributed by atoms with Crippen LogP contribution in [0.4, 0.5) is 11.5 Å². The number of benzene rings is 1. The second-order valence-corrected chi connectivity index (χ2v) is 5.53. The first-order valence-corrected chi connectivity index (χ1v) is 7.31. The molecule has 2 heterocycles. The van der Waals surface area contributed by atoms with Gasteiger partial charge in [0.25, 0.3) is 0 Å². The Morgan fingerprint density at radius 2 is 1.90 bits per heavy atom. The molecule has 5 nitrogen and oxygen atoms in total. The zero-order valence-electron chi connectivity index (χ0n) is 12.4. The van der Waals surface area contributed by atoms with E-state index in [1.165, 1.54) is 11.3 Å². The van der Waals surface area contributed by atoms with Crippen molar-refractivity contribution in [3.8, 4) is 0 Å². The molecule has 0 saturated carbocycles. The molecule has 0 atom stereocenters. The molecule has 1 aromatic carbocycles. The van der Waals surface area contributed by atoms with Gasteiger partial charge in [0.2, 0.25) is 0 Å². The van der Waals surface area contributed by atoms with Gasteiger partial charge in [-0.1, -0.05) is 12.1 Å². The van der Waals surface area contributed by atoms with Crippen LogP contribution in [0.1, 0.15) is 11.3 Å². The van der Waals surface area contributed by atoms with Crippen LogP contribution in [-0.4, -0.2) is 41.0 Å². The Labute approximate surface area is 125 Å². The molecule has 1 aromatic heterocycles. The molecule has 1 aliphatic heterocycles. The van der Waals surface area contributed by atoms with Crippen LogP contribution in [0, 0.1) is 6.92 Å². The summed E-state index contributed by atoms with van der Waals surface area (Å²) in [6.45, 7) is 7.16. The molecule has 2 aromatic rings. The van der Waals surface area contributed by atoms with Gasteiger partial charge in [-0.25, -0.2) is 4.98 Å². The number of piperazine rings is 1. The summed E-state index contributed by atoms with van der Waals surface area (Å²) in [4.78, 5) is 13.3. The fraction of sp³-hybridized carbons (Fsp3) is 0.375. The Balaban J connectivity index is 1.56. The molecule has 21 heavy (non-hydrogen) atoms. The molecule has 1 saturated heterocycles. The lowest BCUT2D eigenvalue weighted by atomic mass is 10.2. The van der Waals surface area contributed by atoms with Crippen LogP contribution in [0.25, 0.3) is 0 Å². The summed E-state index contributed by atoms with van der Waals surface area (Å²) < 4.78 is 0. The van der Waals surface area contributed by atoms with Gasteiger partial charge in [0.05, 0.1) is 18.1 Å². The number of nitrogens with zero attached hydrogens (tertiary/aromatic N) is 4. The second-order valence-electron chi connectivity index (χ2n) is 5.53. The van der Waals surface area contributed by atoms with Crippen LogP contribution in [0.2, 0.25) is 0 Å². The van der Waals surface area contributed by atoms with Gasteiger partial charge >= 0.3 is 0 Å². The highest BCUT2D eigenvalue weighted by atomic mass is 15.3. The monoisotopic (exact) mass is 283 g/mol. The third kappa shape index (κ3) is 3.49. The van der Waals surface area contributed by atoms with Crippen molar-refractivity contribution < 1.29 is 0 Å². The van der Waals surface area contributed by atoms with E-state index in [1.54, 1.807) is 12.4 Å². The lowest BCUT2D eigenvalue weighted by Gasteiger charge is -2.36. The molecule has 0 bridgehead atoms. The van der Waals surface area contributed by atoms with Gasteiger partial charge < -0.3 is 10.6 Å². The van der Waals surface area contributed by atoms with Crippen LogP contribution < -0.4 is 10.6 Å². The van der Waals surface area contributed by atoms with Gasteiger partial charge in [0, 0.05) is 38.4 Å². The van der Waals surface area contributed by atoms with Gasteiger partial charge in [0.1, 0.15) is 5.82 Å². The standard InChI is InChI=1S/C16H21N5/c1-13-3-2-4-15(9-13)21-7-5-20(6-8-21)12-14-10-19-16(17)11-18-14/h2-4,9-11H,5-8,12H2,1H3,(H2,17,19). The minimum absolute atomic E-state index is 0.475. The Hall–Kier alpha value is -2.14. The second kappa shape index (κ2) is 6.10. The van der Waals surface area contributed by atoms with Crippen LogP contribution >= 0.6 is 0 Å². The van der Waals surface area contributed by atoms with Gasteiger partial charge in [0.15, 0.2) is 0 Å². The van der Waals surface area contributed by atoms with Crippen molar-refractivity contribution in [3.05, 3.63) is 47.9 Å². The minimum atomic E-state index is 0.475. The average molecular weight is 283 g/mol. The minimum Gasteiger partial charge on any atom is -0.382 e. The normalized spacial score (nSPS) is 16.1. The maximum absolute atomic E-state index is 5.56. The topological polar surface area (TPSA) is 58.3 Å². The maximum atomic E-state index is 5.56. The summed E-state index contributed by atoms with van der Waals surface area (Å²) in [7, 11) is 0. The van der Waals surface area contributed by atoms with E-state index in [4.69, 9.17) is 5.73 Å². The summed E-state index contributed by atoms with van der Waals surface area (Å²) in [5, 5.41) is 0. The molecule has 0 aliphatic carbocycles. The summed E-state index contributed by atoms with van der Waals surface area (Å²) in [6, 6.07) is 8.70. The Morgan fingerprint density at radius 1 is 1.10 bits per heavy atom. The summed E-state index contributed by atoms with van der Waals surface area (Å²) in [5.74, 6) is 0.475. The number of hydrogen-bond acceptors (Lipinski definition) is 5. The number of anilines is 2. The van der Waals surface area contributed by atoms with Gasteiger partial charge in [-0.15, -0.1) is 0 Å². The Morgan fingerprint density at radius 3 is 2.57 bits per heavy atom. The summed E-state index contributed by atoms with van der Waals surface area (Å²) >= 11 is 0. The van der Waals surface area contributed by atoms with Crippen molar-refractivity contribution in [2.24, 2.45) is 0 Å². The first kappa shape index (κ1) is 13.8. The van der Waals surface area contributed by atoms with E-state index in [0.717, 1.165) is 38.4 Å². The van der Waals surface area contributed by atoms with E-state index in [0.29, 0.717) is 5.82 Å². The molecule has 0 spiro atoms. The van der Waals surface area contributed by atoms with Crippen LogP contribution in [0.3, 0.4) is 0 Å². The number of nitrogens with two attached hydrogens (primary N) is 1. The van der Waals surface area contributed by atoms with E-state index in [1.807, 2.05) is 0 Å². The van der Waals surface area contributed by atoms with Crippen molar-refractivity contribution in [2.45, 2.75) is 13.5 Å². The van der Waals surface area contributed by atoms with Crippen molar-refractivity contribution in [3.63, 3.8) is 0 Å². The zero-order chi connectivity index (χ0) is 14.7. The Kier molecular flexibility index (Phi) is 4.01. The Bertz CT molecular complexity index is 588. The third-order valence-corrected chi connectivity index (χ3v) is 3.85. The first-order valence-electron chi connectivity index (χ1n) is 7.31. The molecule has 0 unspecified atom stereocenters. The summed E-state index contributed by atoms with van der Waals surface area (Å²) in [6.07, 6.45) is 3.39. The third-order valence-electron chi connectivity index (χ3n) is 3.85. The molecule has 0 radical (unpaired) electrons. The molecule has 2 N–H and O–H groups in total. The van der Waals surface area contributed by atoms with Crippen LogP contribution in [0.5, 0.6) is 0 Å². The average Bonchev–Trinajstić information content (AvgIpc) is 2.50. The van der Waals surface area contributed by atoms with Gasteiger partial charge in [-0.3, -0.25) is 9.88 Å². The van der Waals surface area contributed by atoms with Crippen molar-refractivity contribution >= 4 is 11.5 Å². The number of nitrogen functional groups attached to an aromatic ring is 1. The quantitative estimate of drug-likeness (QED) is 0.929.